The number of aryl methyl sites for hydroxylation is 3. The second-order valence-electron chi connectivity index (χ2n) is 4.98. The van der Waals surface area contributed by atoms with Crippen molar-refractivity contribution in [1.82, 2.24) is 9.38 Å². The Kier molecular flexibility index (Phi) is 3.22. The number of halogens is 1. The van der Waals surface area contributed by atoms with Crippen molar-refractivity contribution < 1.29 is 4.39 Å². The van der Waals surface area contributed by atoms with Crippen molar-refractivity contribution in [3.63, 3.8) is 0 Å². The second kappa shape index (κ2) is 4.90. The van der Waals surface area contributed by atoms with Gasteiger partial charge in [0.05, 0.1) is 23.6 Å². The van der Waals surface area contributed by atoms with Crippen molar-refractivity contribution in [3.8, 4) is 0 Å². The van der Waals surface area contributed by atoms with Crippen molar-refractivity contribution >= 4 is 22.0 Å². The van der Waals surface area contributed by atoms with Gasteiger partial charge in [0.2, 0.25) is 0 Å². The molecule has 3 nitrogen and oxygen atoms in total. The number of imidazole rings is 1. The second-order valence-corrected chi connectivity index (χ2v) is 5.81. The lowest BCUT2D eigenvalue weighted by atomic mass is 10.2. The fourth-order valence-corrected chi connectivity index (χ4v) is 3.26. The summed E-state index contributed by atoms with van der Waals surface area (Å²) in [6.45, 7) is 6.56. The van der Waals surface area contributed by atoms with Crippen LogP contribution in [0.15, 0.2) is 23.6 Å². The third-order valence-electron chi connectivity index (χ3n) is 3.40. The van der Waals surface area contributed by atoms with Crippen LogP contribution in [-0.4, -0.2) is 9.38 Å². The SMILES string of the molecule is Cc1ccc(F)c(NCc2c(C)nc3scc(C)n23)c1. The molecule has 0 saturated heterocycles. The van der Waals surface area contributed by atoms with Gasteiger partial charge in [0.15, 0.2) is 4.96 Å². The highest BCUT2D eigenvalue weighted by atomic mass is 32.1. The molecule has 0 bridgehead atoms. The van der Waals surface area contributed by atoms with Crippen LogP contribution in [0.3, 0.4) is 0 Å². The summed E-state index contributed by atoms with van der Waals surface area (Å²) in [6.07, 6.45) is 0. The summed E-state index contributed by atoms with van der Waals surface area (Å²) in [5.41, 5.74) is 4.80. The van der Waals surface area contributed by atoms with Crippen LogP contribution in [-0.2, 0) is 6.54 Å². The van der Waals surface area contributed by atoms with Gasteiger partial charge in [-0.2, -0.15) is 0 Å². The van der Waals surface area contributed by atoms with Crippen LogP contribution in [0.4, 0.5) is 10.1 Å². The molecule has 0 aliphatic heterocycles. The van der Waals surface area contributed by atoms with Crippen molar-refractivity contribution in [1.29, 1.82) is 0 Å². The van der Waals surface area contributed by atoms with Crippen LogP contribution in [0.1, 0.15) is 22.6 Å². The van der Waals surface area contributed by atoms with Crippen LogP contribution in [0.2, 0.25) is 0 Å². The van der Waals surface area contributed by atoms with Gasteiger partial charge in [-0.15, -0.1) is 11.3 Å². The van der Waals surface area contributed by atoms with Gasteiger partial charge < -0.3 is 5.32 Å². The summed E-state index contributed by atoms with van der Waals surface area (Å²) in [5.74, 6) is -0.226. The van der Waals surface area contributed by atoms with Crippen molar-refractivity contribution in [2.75, 3.05) is 5.32 Å². The zero-order chi connectivity index (χ0) is 14.3. The molecule has 2 aromatic heterocycles. The number of hydrogen-bond acceptors (Lipinski definition) is 3. The van der Waals surface area contributed by atoms with Crippen LogP contribution < -0.4 is 5.32 Å². The Labute approximate surface area is 121 Å². The minimum atomic E-state index is -0.226. The molecule has 5 heteroatoms. The number of benzene rings is 1. The summed E-state index contributed by atoms with van der Waals surface area (Å²) >= 11 is 1.63. The van der Waals surface area contributed by atoms with Gasteiger partial charge in [0.1, 0.15) is 5.82 Å². The van der Waals surface area contributed by atoms with Gasteiger partial charge >= 0.3 is 0 Å². The van der Waals surface area contributed by atoms with Gasteiger partial charge in [-0.3, -0.25) is 4.40 Å². The lowest BCUT2D eigenvalue weighted by molar-refractivity contribution is 0.629. The third kappa shape index (κ3) is 2.18. The third-order valence-corrected chi connectivity index (χ3v) is 4.34. The highest BCUT2D eigenvalue weighted by Crippen LogP contribution is 2.22. The van der Waals surface area contributed by atoms with Gasteiger partial charge in [0, 0.05) is 11.1 Å². The minimum Gasteiger partial charge on any atom is -0.377 e. The molecule has 0 amide bonds. The summed E-state index contributed by atoms with van der Waals surface area (Å²) in [6, 6.07) is 5.08. The lowest BCUT2D eigenvalue weighted by Gasteiger charge is -2.09. The molecule has 3 aromatic rings. The lowest BCUT2D eigenvalue weighted by Crippen LogP contribution is -2.06. The Bertz CT molecular complexity index is 773. The first-order valence-corrected chi connectivity index (χ1v) is 7.36. The molecule has 0 aliphatic rings. The van der Waals surface area contributed by atoms with E-state index in [0.717, 1.165) is 27.6 Å². The Hall–Kier alpha value is -1.88. The number of aromatic nitrogens is 2. The van der Waals surface area contributed by atoms with Gasteiger partial charge in [-0.25, -0.2) is 9.37 Å². The molecule has 0 spiro atoms. The molecule has 0 radical (unpaired) electrons. The quantitative estimate of drug-likeness (QED) is 0.787. The molecule has 20 heavy (non-hydrogen) atoms. The van der Waals surface area contributed by atoms with Crippen LogP contribution >= 0.6 is 11.3 Å². The van der Waals surface area contributed by atoms with E-state index in [0.29, 0.717) is 12.2 Å². The number of rotatable bonds is 3. The van der Waals surface area contributed by atoms with Gasteiger partial charge in [-0.05, 0) is 38.5 Å². The molecule has 0 atom stereocenters. The van der Waals surface area contributed by atoms with Crippen molar-refractivity contribution in [3.05, 3.63) is 52.0 Å². The van der Waals surface area contributed by atoms with Gasteiger partial charge in [0.25, 0.3) is 0 Å². The normalized spacial score (nSPS) is 11.2. The fraction of sp³-hybridized carbons (Fsp3) is 0.267. The Morgan fingerprint density at radius 2 is 2.10 bits per heavy atom. The molecule has 1 N–H and O–H groups in total. The van der Waals surface area contributed by atoms with E-state index in [1.165, 1.54) is 6.07 Å². The predicted octanol–water partition coefficient (Wildman–Crippen LogP) is 4.07. The predicted molar refractivity (Wildman–Crippen MR) is 81.0 cm³/mol. The topological polar surface area (TPSA) is 29.3 Å². The average molecular weight is 289 g/mol. The maximum absolute atomic E-state index is 13.7. The number of nitrogens with one attached hydrogen (secondary N) is 1. The molecule has 3 rings (SSSR count). The maximum Gasteiger partial charge on any atom is 0.194 e. The molecule has 0 aliphatic carbocycles. The summed E-state index contributed by atoms with van der Waals surface area (Å²) in [4.78, 5) is 5.52. The summed E-state index contributed by atoms with van der Waals surface area (Å²) in [5, 5.41) is 5.26. The smallest absolute Gasteiger partial charge is 0.194 e. The van der Waals surface area contributed by atoms with Crippen LogP contribution in [0, 0.1) is 26.6 Å². The monoisotopic (exact) mass is 289 g/mol. The fourth-order valence-electron chi connectivity index (χ4n) is 2.33. The number of nitrogens with zero attached hydrogens (tertiary/aromatic N) is 2. The standard InChI is InChI=1S/C15H16FN3S/c1-9-4-5-12(16)13(6-9)17-7-14-11(3)18-15-19(14)10(2)8-20-15/h4-6,8,17H,7H2,1-3H3. The summed E-state index contributed by atoms with van der Waals surface area (Å²) in [7, 11) is 0. The Morgan fingerprint density at radius 3 is 2.90 bits per heavy atom. The molecular formula is C15H16FN3S. The van der Waals surface area contributed by atoms with E-state index in [1.54, 1.807) is 17.4 Å². The first-order valence-electron chi connectivity index (χ1n) is 6.48. The first-order chi connectivity index (χ1) is 9.56. The maximum atomic E-state index is 13.7. The highest BCUT2D eigenvalue weighted by molar-refractivity contribution is 7.15. The van der Waals surface area contributed by atoms with E-state index < -0.39 is 0 Å². The molecule has 1 aromatic carbocycles. The Balaban J connectivity index is 1.92. The van der Waals surface area contributed by atoms with Gasteiger partial charge in [-0.1, -0.05) is 6.07 Å². The number of fused-ring (bicyclic) bond motifs is 1. The zero-order valence-electron chi connectivity index (χ0n) is 11.7. The van der Waals surface area contributed by atoms with E-state index in [4.69, 9.17) is 0 Å². The largest absolute Gasteiger partial charge is 0.377 e. The first kappa shape index (κ1) is 13.1. The summed E-state index contributed by atoms with van der Waals surface area (Å²) < 4.78 is 15.9. The van der Waals surface area contributed by atoms with Crippen molar-refractivity contribution in [2.24, 2.45) is 0 Å². The molecule has 104 valence electrons. The number of thiazole rings is 1. The van der Waals surface area contributed by atoms with Crippen LogP contribution in [0.5, 0.6) is 0 Å². The van der Waals surface area contributed by atoms with E-state index in [2.05, 4.69) is 27.0 Å². The van der Waals surface area contributed by atoms with Crippen LogP contribution in [0.25, 0.3) is 4.96 Å². The molecule has 2 heterocycles. The van der Waals surface area contributed by atoms with E-state index >= 15 is 0 Å². The molecule has 0 unspecified atom stereocenters. The zero-order valence-corrected chi connectivity index (χ0v) is 12.5. The molecule has 0 saturated carbocycles. The molecular weight excluding hydrogens is 273 g/mol. The average Bonchev–Trinajstić information content (AvgIpc) is 2.91. The van der Waals surface area contributed by atoms with E-state index in [9.17, 15) is 4.39 Å². The van der Waals surface area contributed by atoms with Crippen molar-refractivity contribution in [2.45, 2.75) is 27.3 Å². The number of hydrogen-bond donors (Lipinski definition) is 1. The minimum absolute atomic E-state index is 0.226. The molecule has 0 fully saturated rings. The number of anilines is 1. The highest BCUT2D eigenvalue weighted by Gasteiger charge is 2.12. The van der Waals surface area contributed by atoms with E-state index in [-0.39, 0.29) is 5.82 Å². The van der Waals surface area contributed by atoms with E-state index in [1.807, 2.05) is 19.9 Å². The Morgan fingerprint density at radius 1 is 1.30 bits per heavy atom.